The average molecular weight is 196 g/mol. The summed E-state index contributed by atoms with van der Waals surface area (Å²) < 4.78 is 0. The van der Waals surface area contributed by atoms with Crippen molar-refractivity contribution in [3.05, 3.63) is 40.1 Å². The second kappa shape index (κ2) is 3.65. The Balaban J connectivity index is 3.30. The third-order valence-electron chi connectivity index (χ3n) is 1.61. The minimum atomic E-state index is -0.742. The second-order valence-corrected chi connectivity index (χ2v) is 2.51. The summed E-state index contributed by atoms with van der Waals surface area (Å²) in [7, 11) is 0. The number of hydrogen-bond donors (Lipinski definition) is 3. The molecule has 0 amide bonds. The Hall–Kier alpha value is -2.24. The number of benzene rings is 1. The highest BCUT2D eigenvalue weighted by molar-refractivity contribution is 5.65. The van der Waals surface area contributed by atoms with Gasteiger partial charge in [-0.15, -0.1) is 0 Å². The number of phenols is 2. The standard InChI is InChI=1S/C8H8N2O4/c9-4-7(10(13)14)6-3-5(11)1-2-8(6)12/h1-4,11-12H,9H2/b7-4-. The molecular weight excluding hydrogens is 188 g/mol. The van der Waals surface area contributed by atoms with Crippen LogP contribution in [0.2, 0.25) is 0 Å². The van der Waals surface area contributed by atoms with E-state index in [2.05, 4.69) is 0 Å². The Labute approximate surface area is 79.1 Å². The second-order valence-electron chi connectivity index (χ2n) is 2.51. The van der Waals surface area contributed by atoms with E-state index in [4.69, 9.17) is 10.8 Å². The van der Waals surface area contributed by atoms with Crippen LogP contribution in [-0.4, -0.2) is 15.1 Å². The first-order valence-corrected chi connectivity index (χ1v) is 3.65. The van der Waals surface area contributed by atoms with Gasteiger partial charge in [0.05, 0.1) is 16.7 Å². The van der Waals surface area contributed by atoms with Crippen LogP contribution in [0.4, 0.5) is 0 Å². The van der Waals surface area contributed by atoms with Crippen LogP contribution in [0.25, 0.3) is 5.70 Å². The lowest BCUT2D eigenvalue weighted by Crippen LogP contribution is -2.01. The van der Waals surface area contributed by atoms with Gasteiger partial charge in [-0.05, 0) is 18.2 Å². The zero-order valence-corrected chi connectivity index (χ0v) is 7.04. The van der Waals surface area contributed by atoms with Crippen molar-refractivity contribution in [2.75, 3.05) is 0 Å². The number of aromatic hydroxyl groups is 2. The van der Waals surface area contributed by atoms with Crippen molar-refractivity contribution in [1.29, 1.82) is 0 Å². The van der Waals surface area contributed by atoms with Crippen molar-refractivity contribution in [2.45, 2.75) is 0 Å². The zero-order chi connectivity index (χ0) is 10.7. The maximum Gasteiger partial charge on any atom is 0.295 e. The predicted octanol–water partition coefficient (Wildman–Crippen LogP) is 0.632. The van der Waals surface area contributed by atoms with E-state index in [1.54, 1.807) is 0 Å². The lowest BCUT2D eigenvalue weighted by Gasteiger charge is -2.01. The molecule has 0 aliphatic rings. The highest BCUT2D eigenvalue weighted by Crippen LogP contribution is 2.28. The van der Waals surface area contributed by atoms with Crippen molar-refractivity contribution in [2.24, 2.45) is 5.73 Å². The van der Waals surface area contributed by atoms with Gasteiger partial charge in [0.15, 0.2) is 0 Å². The van der Waals surface area contributed by atoms with Crippen LogP contribution in [-0.2, 0) is 0 Å². The van der Waals surface area contributed by atoms with Gasteiger partial charge < -0.3 is 15.9 Å². The third kappa shape index (κ3) is 1.74. The third-order valence-corrected chi connectivity index (χ3v) is 1.61. The van der Waals surface area contributed by atoms with E-state index in [-0.39, 0.29) is 17.1 Å². The summed E-state index contributed by atoms with van der Waals surface area (Å²) >= 11 is 0. The quantitative estimate of drug-likeness (QED) is 0.365. The van der Waals surface area contributed by atoms with Gasteiger partial charge in [-0.25, -0.2) is 0 Å². The maximum atomic E-state index is 10.5. The largest absolute Gasteiger partial charge is 0.508 e. The Morgan fingerprint density at radius 2 is 2.14 bits per heavy atom. The Morgan fingerprint density at radius 1 is 1.50 bits per heavy atom. The molecule has 1 rings (SSSR count). The van der Waals surface area contributed by atoms with E-state index in [9.17, 15) is 15.2 Å². The number of rotatable bonds is 2. The van der Waals surface area contributed by atoms with Gasteiger partial charge >= 0.3 is 0 Å². The molecule has 6 heteroatoms. The number of phenolic OH excluding ortho intramolecular Hbond substituents is 2. The molecule has 1 aromatic carbocycles. The molecule has 1 aromatic rings. The molecule has 0 spiro atoms. The molecule has 0 atom stereocenters. The fourth-order valence-corrected chi connectivity index (χ4v) is 0.978. The van der Waals surface area contributed by atoms with E-state index < -0.39 is 10.6 Å². The molecular formula is C8H8N2O4. The van der Waals surface area contributed by atoms with Gasteiger partial charge in [0.25, 0.3) is 5.70 Å². The highest BCUT2D eigenvalue weighted by atomic mass is 16.6. The molecule has 6 nitrogen and oxygen atoms in total. The molecule has 4 N–H and O–H groups in total. The van der Waals surface area contributed by atoms with Crippen LogP contribution in [0.3, 0.4) is 0 Å². The Morgan fingerprint density at radius 3 is 2.64 bits per heavy atom. The summed E-state index contributed by atoms with van der Waals surface area (Å²) in [5.74, 6) is -0.491. The van der Waals surface area contributed by atoms with E-state index in [0.717, 1.165) is 18.3 Å². The average Bonchev–Trinajstić information content (AvgIpc) is 2.11. The molecule has 14 heavy (non-hydrogen) atoms. The summed E-state index contributed by atoms with van der Waals surface area (Å²) in [6.45, 7) is 0. The minimum absolute atomic E-state index is 0.113. The number of nitro groups is 1. The van der Waals surface area contributed by atoms with Crippen LogP contribution in [0.15, 0.2) is 24.4 Å². The topological polar surface area (TPSA) is 110 Å². The van der Waals surface area contributed by atoms with Gasteiger partial charge in [0.1, 0.15) is 11.5 Å². The van der Waals surface area contributed by atoms with E-state index in [0.29, 0.717) is 0 Å². The van der Waals surface area contributed by atoms with Crippen LogP contribution in [0, 0.1) is 10.1 Å². The molecule has 0 saturated heterocycles. The first kappa shape index (κ1) is 9.85. The lowest BCUT2D eigenvalue weighted by atomic mass is 10.1. The van der Waals surface area contributed by atoms with Gasteiger partial charge in [-0.1, -0.05) is 0 Å². The summed E-state index contributed by atoms with van der Waals surface area (Å²) in [5.41, 5.74) is 4.46. The predicted molar refractivity (Wildman–Crippen MR) is 48.9 cm³/mol. The van der Waals surface area contributed by atoms with Crippen molar-refractivity contribution in [1.82, 2.24) is 0 Å². The monoisotopic (exact) mass is 196 g/mol. The molecule has 0 heterocycles. The maximum absolute atomic E-state index is 10.5. The van der Waals surface area contributed by atoms with Gasteiger partial charge in [0, 0.05) is 0 Å². The van der Waals surface area contributed by atoms with Gasteiger partial charge in [-0.3, -0.25) is 10.1 Å². The smallest absolute Gasteiger partial charge is 0.295 e. The van der Waals surface area contributed by atoms with E-state index in [1.165, 1.54) is 6.07 Å². The van der Waals surface area contributed by atoms with Crippen LogP contribution in [0.5, 0.6) is 11.5 Å². The summed E-state index contributed by atoms with van der Waals surface area (Å²) in [6, 6.07) is 3.43. The Kier molecular flexibility index (Phi) is 2.57. The van der Waals surface area contributed by atoms with Gasteiger partial charge in [-0.2, -0.15) is 0 Å². The van der Waals surface area contributed by atoms with Crippen LogP contribution >= 0.6 is 0 Å². The molecule has 0 radical (unpaired) electrons. The molecule has 0 unspecified atom stereocenters. The minimum Gasteiger partial charge on any atom is -0.508 e. The number of nitrogens with zero attached hydrogens (tertiary/aromatic N) is 1. The first-order chi connectivity index (χ1) is 6.56. The summed E-state index contributed by atoms with van der Waals surface area (Å²) in [5, 5.41) is 28.8. The van der Waals surface area contributed by atoms with Crippen molar-refractivity contribution in [3.8, 4) is 11.5 Å². The zero-order valence-electron chi connectivity index (χ0n) is 7.04. The number of hydrogen-bond acceptors (Lipinski definition) is 5. The fraction of sp³-hybridized carbons (Fsp3) is 0. The molecule has 0 aromatic heterocycles. The normalized spacial score (nSPS) is 11.3. The fourth-order valence-electron chi connectivity index (χ4n) is 0.978. The molecule has 0 bridgehead atoms. The van der Waals surface area contributed by atoms with Crippen LogP contribution < -0.4 is 5.73 Å². The molecule has 0 aliphatic heterocycles. The molecule has 0 saturated carbocycles. The molecule has 74 valence electrons. The molecule has 0 aliphatic carbocycles. The SMILES string of the molecule is N/C=C(/c1cc(O)ccc1O)[N+](=O)[O-]. The summed E-state index contributed by atoms with van der Waals surface area (Å²) in [4.78, 5) is 9.72. The lowest BCUT2D eigenvalue weighted by molar-refractivity contribution is -0.375. The van der Waals surface area contributed by atoms with Crippen molar-refractivity contribution >= 4 is 5.70 Å². The van der Waals surface area contributed by atoms with Crippen LogP contribution in [0.1, 0.15) is 5.56 Å². The Bertz CT molecular complexity index is 400. The highest BCUT2D eigenvalue weighted by Gasteiger charge is 2.18. The number of nitrogens with two attached hydrogens (primary N) is 1. The first-order valence-electron chi connectivity index (χ1n) is 3.65. The van der Waals surface area contributed by atoms with E-state index >= 15 is 0 Å². The van der Waals surface area contributed by atoms with Crippen molar-refractivity contribution < 1.29 is 15.1 Å². The van der Waals surface area contributed by atoms with Crippen molar-refractivity contribution in [3.63, 3.8) is 0 Å². The summed E-state index contributed by atoms with van der Waals surface area (Å²) in [6.07, 6.45) is 0.758. The van der Waals surface area contributed by atoms with Gasteiger partial charge in [0.2, 0.25) is 0 Å². The van der Waals surface area contributed by atoms with E-state index in [1.807, 2.05) is 0 Å². The molecule has 0 fully saturated rings.